The van der Waals surface area contributed by atoms with Crippen LogP contribution in [0, 0.1) is 0 Å². The molecule has 1 aromatic heterocycles. The maximum Gasteiger partial charge on any atom is 0.341 e. The van der Waals surface area contributed by atoms with E-state index in [9.17, 15) is 9.59 Å². The van der Waals surface area contributed by atoms with Crippen molar-refractivity contribution in [1.82, 2.24) is 0 Å². The maximum absolute atomic E-state index is 12.3. The summed E-state index contributed by atoms with van der Waals surface area (Å²) in [7, 11) is 1.31. The fraction of sp³-hybridized carbons (Fsp3) is 0.143. The number of rotatable bonds is 6. The van der Waals surface area contributed by atoms with E-state index < -0.39 is 5.97 Å². The number of ether oxygens (including phenoxy) is 2. The predicted molar refractivity (Wildman–Crippen MR) is 116 cm³/mol. The molecular formula is C21H18BrNO4S. The molecule has 2 aromatic carbocycles. The van der Waals surface area contributed by atoms with Crippen LogP contribution in [0.3, 0.4) is 0 Å². The number of fused-ring (bicyclic) bond motifs is 1. The highest BCUT2D eigenvalue weighted by Crippen LogP contribution is 2.44. The van der Waals surface area contributed by atoms with Crippen LogP contribution < -0.4 is 10.1 Å². The van der Waals surface area contributed by atoms with Gasteiger partial charge in [0, 0.05) is 12.3 Å². The van der Waals surface area contributed by atoms with Crippen molar-refractivity contribution in [3.8, 4) is 5.75 Å². The zero-order valence-electron chi connectivity index (χ0n) is 15.4. The van der Waals surface area contributed by atoms with Crippen molar-refractivity contribution in [2.24, 2.45) is 0 Å². The van der Waals surface area contributed by atoms with Crippen LogP contribution in [0.2, 0.25) is 0 Å². The number of carbonyl (C=O) groups excluding carboxylic acids is 2. The lowest BCUT2D eigenvalue weighted by molar-refractivity contribution is -0.114. The smallest absolute Gasteiger partial charge is 0.341 e. The lowest BCUT2D eigenvalue weighted by Gasteiger charge is -2.10. The number of thiophene rings is 1. The van der Waals surface area contributed by atoms with Crippen LogP contribution in [-0.4, -0.2) is 19.0 Å². The van der Waals surface area contributed by atoms with Crippen molar-refractivity contribution in [3.05, 3.63) is 64.1 Å². The van der Waals surface area contributed by atoms with Crippen molar-refractivity contribution in [2.75, 3.05) is 12.4 Å². The Labute approximate surface area is 175 Å². The predicted octanol–water partition coefficient (Wildman–Crippen LogP) is 5.63. The van der Waals surface area contributed by atoms with Gasteiger partial charge in [-0.1, -0.05) is 43.0 Å². The van der Waals surface area contributed by atoms with E-state index in [-0.39, 0.29) is 5.91 Å². The summed E-state index contributed by atoms with van der Waals surface area (Å²) in [6.45, 7) is 5.50. The number of carbonyl (C=O) groups is 2. The third kappa shape index (κ3) is 4.10. The minimum Gasteiger partial charge on any atom is -0.486 e. The van der Waals surface area contributed by atoms with Crippen LogP contribution in [0.25, 0.3) is 16.2 Å². The molecule has 5 nitrogen and oxygen atoms in total. The molecule has 0 spiro atoms. The van der Waals surface area contributed by atoms with E-state index in [0.29, 0.717) is 28.3 Å². The SMILES string of the molecule is C=Cc1ccc(COc2c(Br)ccc3c(C(=O)OC)c(NC(C)=O)sc23)cc1. The number of anilines is 1. The van der Waals surface area contributed by atoms with Crippen LogP contribution in [-0.2, 0) is 16.1 Å². The van der Waals surface area contributed by atoms with E-state index in [1.165, 1.54) is 25.4 Å². The summed E-state index contributed by atoms with van der Waals surface area (Å²) in [4.78, 5) is 23.9. The minimum atomic E-state index is -0.511. The normalized spacial score (nSPS) is 10.5. The van der Waals surface area contributed by atoms with Gasteiger partial charge in [-0.05, 0) is 33.1 Å². The lowest BCUT2D eigenvalue weighted by Crippen LogP contribution is -2.09. The van der Waals surface area contributed by atoms with Gasteiger partial charge in [0.2, 0.25) is 5.91 Å². The number of halogens is 1. The highest BCUT2D eigenvalue weighted by Gasteiger charge is 2.23. The summed E-state index contributed by atoms with van der Waals surface area (Å²) >= 11 is 4.79. The number of nitrogens with one attached hydrogen (secondary N) is 1. The Morgan fingerprint density at radius 1 is 1.21 bits per heavy atom. The van der Waals surface area contributed by atoms with E-state index in [0.717, 1.165) is 20.3 Å². The van der Waals surface area contributed by atoms with Crippen LogP contribution in [0.5, 0.6) is 5.75 Å². The van der Waals surface area contributed by atoms with Crippen LogP contribution in [0.1, 0.15) is 28.4 Å². The van der Waals surface area contributed by atoms with Crippen molar-refractivity contribution < 1.29 is 19.1 Å². The largest absolute Gasteiger partial charge is 0.486 e. The maximum atomic E-state index is 12.3. The summed E-state index contributed by atoms with van der Waals surface area (Å²) in [5, 5.41) is 3.81. The molecule has 0 radical (unpaired) electrons. The molecule has 0 fully saturated rings. The van der Waals surface area contributed by atoms with E-state index in [4.69, 9.17) is 9.47 Å². The number of amides is 1. The Hall–Kier alpha value is -2.64. The molecular weight excluding hydrogens is 442 g/mol. The van der Waals surface area contributed by atoms with Crippen LogP contribution in [0.15, 0.2) is 47.4 Å². The van der Waals surface area contributed by atoms with Gasteiger partial charge >= 0.3 is 5.97 Å². The highest BCUT2D eigenvalue weighted by molar-refractivity contribution is 9.10. The van der Waals surface area contributed by atoms with E-state index in [1.54, 1.807) is 12.1 Å². The zero-order valence-corrected chi connectivity index (χ0v) is 17.8. The second kappa shape index (κ2) is 8.58. The molecule has 0 unspecified atom stereocenters. The van der Waals surface area contributed by atoms with E-state index >= 15 is 0 Å². The fourth-order valence-corrected chi connectivity index (χ4v) is 4.52. The molecule has 7 heteroatoms. The number of hydrogen-bond acceptors (Lipinski definition) is 5. The summed E-state index contributed by atoms with van der Waals surface area (Å²) in [6.07, 6.45) is 1.78. The Morgan fingerprint density at radius 3 is 2.54 bits per heavy atom. The first-order valence-corrected chi connectivity index (χ1v) is 10.0. The average molecular weight is 460 g/mol. The molecule has 0 saturated carbocycles. The van der Waals surface area contributed by atoms with Gasteiger partial charge < -0.3 is 14.8 Å². The molecule has 0 bridgehead atoms. The monoisotopic (exact) mass is 459 g/mol. The topological polar surface area (TPSA) is 64.6 Å². The van der Waals surface area contributed by atoms with Gasteiger partial charge in [-0.15, -0.1) is 11.3 Å². The minimum absolute atomic E-state index is 0.263. The zero-order chi connectivity index (χ0) is 20.3. The van der Waals surface area contributed by atoms with Crippen molar-refractivity contribution >= 4 is 60.3 Å². The van der Waals surface area contributed by atoms with Gasteiger partial charge in [-0.25, -0.2) is 4.79 Å². The molecule has 144 valence electrons. The Balaban J connectivity index is 2.02. The second-order valence-corrected chi connectivity index (χ2v) is 7.84. The molecule has 0 aliphatic rings. The first-order valence-electron chi connectivity index (χ1n) is 8.39. The standard InChI is InChI=1S/C21H18BrNO4S/c1-4-13-5-7-14(8-6-13)11-27-18-16(22)10-9-15-17(21(25)26-3)20(23-12(2)24)28-19(15)18/h4-10H,1,11H2,2-3H3,(H,23,24). The summed E-state index contributed by atoms with van der Waals surface area (Å²) in [5.41, 5.74) is 2.36. The molecule has 0 aliphatic carbocycles. The fourth-order valence-electron chi connectivity index (χ4n) is 2.70. The average Bonchev–Trinajstić information content (AvgIpc) is 3.04. The quantitative estimate of drug-likeness (QED) is 0.485. The Morgan fingerprint density at radius 2 is 1.93 bits per heavy atom. The molecule has 1 amide bonds. The molecule has 1 N–H and O–H groups in total. The summed E-state index contributed by atoms with van der Waals surface area (Å²) in [6, 6.07) is 11.5. The van der Waals surface area contributed by atoms with Crippen LogP contribution >= 0.6 is 27.3 Å². The van der Waals surface area contributed by atoms with Gasteiger partial charge in [-0.3, -0.25) is 4.79 Å². The first kappa shape index (κ1) is 20.1. The number of esters is 1. The van der Waals surface area contributed by atoms with Gasteiger partial charge in [0.05, 0.1) is 16.3 Å². The van der Waals surface area contributed by atoms with E-state index in [2.05, 4.69) is 27.8 Å². The van der Waals surface area contributed by atoms with E-state index in [1.807, 2.05) is 30.3 Å². The summed E-state index contributed by atoms with van der Waals surface area (Å²) < 4.78 is 12.5. The van der Waals surface area contributed by atoms with Crippen molar-refractivity contribution in [3.63, 3.8) is 0 Å². The van der Waals surface area contributed by atoms with Gasteiger partial charge in [0.15, 0.2) is 5.75 Å². The summed E-state index contributed by atoms with van der Waals surface area (Å²) in [5.74, 6) is -0.166. The number of benzene rings is 2. The Bertz CT molecular complexity index is 1060. The molecule has 0 saturated heterocycles. The van der Waals surface area contributed by atoms with Crippen molar-refractivity contribution in [2.45, 2.75) is 13.5 Å². The third-order valence-electron chi connectivity index (χ3n) is 4.04. The molecule has 0 aliphatic heterocycles. The molecule has 1 heterocycles. The van der Waals surface area contributed by atoms with Crippen molar-refractivity contribution in [1.29, 1.82) is 0 Å². The van der Waals surface area contributed by atoms with Gasteiger partial charge in [-0.2, -0.15) is 0 Å². The number of hydrogen-bond donors (Lipinski definition) is 1. The van der Waals surface area contributed by atoms with Gasteiger partial charge in [0.1, 0.15) is 17.2 Å². The second-order valence-electron chi connectivity index (χ2n) is 5.97. The number of methoxy groups -OCH3 is 1. The first-order chi connectivity index (χ1) is 13.4. The van der Waals surface area contributed by atoms with Gasteiger partial charge in [0.25, 0.3) is 0 Å². The van der Waals surface area contributed by atoms with Crippen LogP contribution in [0.4, 0.5) is 5.00 Å². The molecule has 0 atom stereocenters. The Kier molecular flexibility index (Phi) is 6.16. The molecule has 3 aromatic rings. The molecule has 28 heavy (non-hydrogen) atoms. The molecule has 3 rings (SSSR count). The lowest BCUT2D eigenvalue weighted by atomic mass is 10.1. The highest BCUT2D eigenvalue weighted by atomic mass is 79.9. The third-order valence-corrected chi connectivity index (χ3v) is 5.79.